The molecule has 52 heavy (non-hydrogen) atoms. The zero-order valence-corrected chi connectivity index (χ0v) is 34.2. The van der Waals surface area contributed by atoms with Crippen LogP contribution in [0.25, 0.3) is 11.2 Å². The van der Waals surface area contributed by atoms with Gasteiger partial charge in [0.05, 0.1) is 6.33 Å². The molecule has 2 heterocycles. The highest BCUT2D eigenvalue weighted by atomic mass is 32.2. The summed E-state index contributed by atoms with van der Waals surface area (Å²) in [7, 11) is 0. The molecule has 0 unspecified atom stereocenters. The van der Waals surface area contributed by atoms with E-state index in [0.717, 1.165) is 43.6 Å². The molecule has 0 aliphatic heterocycles. The number of unbranched alkanes of at least 4 members (excludes halogenated alkanes) is 24. The molecule has 2 rings (SSSR count). The van der Waals surface area contributed by atoms with Crippen molar-refractivity contribution in [1.29, 1.82) is 0 Å². The number of hydrogen-bond donors (Lipinski definition) is 0. The van der Waals surface area contributed by atoms with Crippen molar-refractivity contribution in [3.63, 3.8) is 0 Å². The maximum absolute atomic E-state index is 12.6. The van der Waals surface area contributed by atoms with E-state index in [0.29, 0.717) is 24.0 Å². The van der Waals surface area contributed by atoms with Crippen LogP contribution in [-0.2, 0) is 30.5 Å². The quantitative estimate of drug-likeness (QED) is 0.0291. The largest absolute Gasteiger partial charge is 0.463 e. The normalized spacial score (nSPS) is 11.5. The van der Waals surface area contributed by atoms with Crippen molar-refractivity contribution < 1.29 is 23.8 Å². The van der Waals surface area contributed by atoms with Crippen LogP contribution in [0.3, 0.4) is 0 Å². The highest BCUT2D eigenvalue weighted by Crippen LogP contribution is 2.21. The maximum atomic E-state index is 12.6. The third-order valence-corrected chi connectivity index (χ3v) is 10.5. The molecule has 0 saturated carbocycles. The van der Waals surface area contributed by atoms with Crippen molar-refractivity contribution in [1.82, 2.24) is 19.5 Å². The number of esters is 2. The lowest BCUT2D eigenvalue weighted by Crippen LogP contribution is -2.29. The van der Waals surface area contributed by atoms with E-state index in [2.05, 4.69) is 28.8 Å². The number of nitrogens with zero attached hydrogens (tertiary/aromatic N) is 4. The summed E-state index contributed by atoms with van der Waals surface area (Å²) in [5, 5.41) is 0.796. The lowest BCUT2D eigenvalue weighted by atomic mass is 10.0. The van der Waals surface area contributed by atoms with Gasteiger partial charge in [-0.15, -0.1) is 11.8 Å². The summed E-state index contributed by atoms with van der Waals surface area (Å²) in [5.41, 5.74) is 1.38. The van der Waals surface area contributed by atoms with Crippen LogP contribution in [0.2, 0.25) is 0 Å². The van der Waals surface area contributed by atoms with Gasteiger partial charge in [0.25, 0.3) is 0 Å². The van der Waals surface area contributed by atoms with E-state index in [1.54, 1.807) is 10.9 Å². The van der Waals surface area contributed by atoms with E-state index < -0.39 is 6.10 Å². The fourth-order valence-corrected chi connectivity index (χ4v) is 7.01. The smallest absolute Gasteiger partial charge is 0.305 e. The van der Waals surface area contributed by atoms with Crippen LogP contribution in [-0.4, -0.2) is 57.0 Å². The van der Waals surface area contributed by atoms with Crippen LogP contribution >= 0.6 is 11.8 Å². The van der Waals surface area contributed by atoms with E-state index in [9.17, 15) is 9.59 Å². The van der Waals surface area contributed by atoms with Gasteiger partial charge in [-0.25, -0.2) is 15.0 Å². The number of aromatic nitrogens is 4. The summed E-state index contributed by atoms with van der Waals surface area (Å²) in [6.07, 6.45) is 38.1. The van der Waals surface area contributed by atoms with Gasteiger partial charge in [-0.2, -0.15) is 0 Å². The van der Waals surface area contributed by atoms with E-state index in [4.69, 9.17) is 14.2 Å². The molecule has 10 heteroatoms. The topological polar surface area (TPSA) is 105 Å². The van der Waals surface area contributed by atoms with Crippen molar-refractivity contribution in [3.05, 3.63) is 12.7 Å². The Morgan fingerprint density at radius 3 is 1.40 bits per heavy atom. The summed E-state index contributed by atoms with van der Waals surface area (Å²) < 4.78 is 19.1. The Labute approximate surface area is 320 Å². The Morgan fingerprint density at radius 2 is 1.00 bits per heavy atom. The Kier molecular flexibility index (Phi) is 28.5. The van der Waals surface area contributed by atoms with Gasteiger partial charge in [0.1, 0.15) is 42.9 Å². The Balaban J connectivity index is 1.65. The van der Waals surface area contributed by atoms with Crippen molar-refractivity contribution in [2.75, 3.05) is 19.5 Å². The number of hydrogen-bond acceptors (Lipinski definition) is 9. The average Bonchev–Trinajstić information content (AvgIpc) is 3.58. The minimum Gasteiger partial charge on any atom is -0.463 e. The molecular formula is C42H74N4O5S. The summed E-state index contributed by atoms with van der Waals surface area (Å²) >= 11 is 1.51. The van der Waals surface area contributed by atoms with E-state index >= 15 is 0 Å². The summed E-state index contributed by atoms with van der Waals surface area (Å²) in [6.45, 7) is 4.72. The van der Waals surface area contributed by atoms with Crippen LogP contribution in [0.4, 0.5) is 0 Å². The minimum absolute atomic E-state index is 0.0287. The number of fused-ring (bicyclic) bond motifs is 1. The Bertz CT molecular complexity index is 1120. The third-order valence-electron chi connectivity index (χ3n) is 9.84. The Hall–Kier alpha value is -2.20. The number of ether oxygens (including phenoxy) is 3. The van der Waals surface area contributed by atoms with Gasteiger partial charge in [-0.3, -0.25) is 14.2 Å². The van der Waals surface area contributed by atoms with Crippen molar-refractivity contribution in [3.8, 4) is 0 Å². The first-order valence-electron chi connectivity index (χ1n) is 21.2. The second-order valence-electron chi connectivity index (χ2n) is 14.5. The fourth-order valence-electron chi connectivity index (χ4n) is 6.52. The molecule has 9 nitrogen and oxygen atoms in total. The highest BCUT2D eigenvalue weighted by molar-refractivity contribution is 7.98. The third kappa shape index (κ3) is 22.8. The minimum atomic E-state index is -0.592. The summed E-state index contributed by atoms with van der Waals surface area (Å²) in [5.74, 6) is -0.471. The van der Waals surface area contributed by atoms with Gasteiger partial charge < -0.3 is 14.2 Å². The number of thioether (sulfide) groups is 1. The number of imidazole rings is 1. The first-order valence-corrected chi connectivity index (χ1v) is 22.4. The molecule has 0 amide bonds. The molecule has 0 radical (unpaired) electrons. The van der Waals surface area contributed by atoms with E-state index in [1.165, 1.54) is 147 Å². The number of carbonyl (C=O) groups is 2. The Morgan fingerprint density at radius 1 is 0.596 bits per heavy atom. The van der Waals surface area contributed by atoms with Gasteiger partial charge in [0, 0.05) is 12.8 Å². The van der Waals surface area contributed by atoms with Gasteiger partial charge in [0.15, 0.2) is 5.65 Å². The van der Waals surface area contributed by atoms with Crippen LogP contribution in [0.1, 0.15) is 194 Å². The van der Waals surface area contributed by atoms with Crippen LogP contribution in [0, 0.1) is 0 Å². The highest BCUT2D eigenvalue weighted by Gasteiger charge is 2.18. The predicted molar refractivity (Wildman–Crippen MR) is 215 cm³/mol. The fraction of sp³-hybridized carbons (Fsp3) is 0.833. The molecule has 2 aromatic rings. The zero-order valence-electron chi connectivity index (χ0n) is 33.4. The second-order valence-corrected chi connectivity index (χ2v) is 15.3. The van der Waals surface area contributed by atoms with E-state index in [1.807, 2.05) is 6.26 Å². The second kappa shape index (κ2) is 32.2. The number of rotatable bonds is 36. The molecule has 298 valence electrons. The average molecular weight is 747 g/mol. The molecule has 2 aromatic heterocycles. The molecule has 0 aliphatic carbocycles. The van der Waals surface area contributed by atoms with Crippen molar-refractivity contribution >= 4 is 34.9 Å². The van der Waals surface area contributed by atoms with Crippen LogP contribution in [0.5, 0.6) is 0 Å². The van der Waals surface area contributed by atoms with Gasteiger partial charge in [-0.05, 0) is 19.1 Å². The molecule has 0 spiro atoms. The summed E-state index contributed by atoms with van der Waals surface area (Å²) in [4.78, 5) is 38.3. The zero-order chi connectivity index (χ0) is 37.3. The molecule has 0 saturated heterocycles. The standard InChI is InChI=1S/C42H74N4O5S/c1-4-6-8-10-12-14-16-18-20-22-24-26-28-30-38(47)49-32-37(51-36-46-35-45-40-41(46)43-34-44-42(40)52-3)33-50-39(48)31-29-27-25-23-21-19-17-15-13-11-9-7-5-2/h34-35,37H,4-33,36H2,1-3H3. The van der Waals surface area contributed by atoms with Crippen molar-refractivity contribution in [2.45, 2.75) is 211 Å². The molecule has 0 aliphatic rings. The molecule has 0 fully saturated rings. The number of carbonyl (C=O) groups excluding carboxylic acids is 2. The summed E-state index contributed by atoms with van der Waals surface area (Å²) in [6, 6.07) is 0. The molecular weight excluding hydrogens is 673 g/mol. The first-order chi connectivity index (χ1) is 25.6. The van der Waals surface area contributed by atoms with E-state index in [-0.39, 0.29) is 31.9 Å². The molecule has 0 aromatic carbocycles. The monoisotopic (exact) mass is 747 g/mol. The SMILES string of the molecule is CCCCCCCCCCCCCCCC(=O)OCC(COC(=O)CCCCCCCCCCCCCCC)OCn1cnc2c(SC)ncnc21. The molecule has 0 bridgehead atoms. The van der Waals surface area contributed by atoms with Gasteiger partial charge >= 0.3 is 11.9 Å². The first kappa shape index (κ1) is 46.0. The lowest BCUT2D eigenvalue weighted by Gasteiger charge is -2.18. The van der Waals surface area contributed by atoms with Crippen molar-refractivity contribution in [2.24, 2.45) is 0 Å². The van der Waals surface area contributed by atoms with Crippen LogP contribution < -0.4 is 0 Å². The van der Waals surface area contributed by atoms with Gasteiger partial charge in [0.2, 0.25) is 0 Å². The lowest BCUT2D eigenvalue weighted by molar-refractivity contribution is -0.157. The maximum Gasteiger partial charge on any atom is 0.305 e. The van der Waals surface area contributed by atoms with Gasteiger partial charge in [-0.1, -0.05) is 168 Å². The molecule has 0 N–H and O–H groups in total. The predicted octanol–water partition coefficient (Wildman–Crippen LogP) is 11.9. The molecule has 0 atom stereocenters. The van der Waals surface area contributed by atoms with Crippen LogP contribution in [0.15, 0.2) is 17.7 Å².